The molecule has 2 aromatic rings. The van der Waals surface area contributed by atoms with Crippen LogP contribution >= 0.6 is 0 Å². The van der Waals surface area contributed by atoms with E-state index in [1.54, 1.807) is 29.2 Å². The van der Waals surface area contributed by atoms with Gasteiger partial charge in [0.1, 0.15) is 4.90 Å². The molecule has 0 spiro atoms. The van der Waals surface area contributed by atoms with E-state index in [1.165, 1.54) is 12.4 Å². The van der Waals surface area contributed by atoms with Gasteiger partial charge in [0.25, 0.3) is 0 Å². The maximum Gasteiger partial charge on any atom is 0.344 e. The highest BCUT2D eigenvalue weighted by molar-refractivity contribution is 7.91. The highest BCUT2D eigenvalue weighted by Gasteiger charge is 2.22. The van der Waals surface area contributed by atoms with Gasteiger partial charge in [0.2, 0.25) is 9.84 Å². The van der Waals surface area contributed by atoms with Crippen LogP contribution < -0.4 is 0 Å². The summed E-state index contributed by atoms with van der Waals surface area (Å²) in [7, 11) is -3.66. The van der Waals surface area contributed by atoms with Gasteiger partial charge in [-0.05, 0) is 32.9 Å². The van der Waals surface area contributed by atoms with Crippen LogP contribution in [0, 0.1) is 6.92 Å². The molecule has 0 aliphatic carbocycles. The predicted molar refractivity (Wildman–Crippen MR) is 82.6 cm³/mol. The zero-order valence-corrected chi connectivity index (χ0v) is 13.7. The third-order valence-electron chi connectivity index (χ3n) is 3.43. The second-order valence-corrected chi connectivity index (χ2v) is 6.84. The number of aromatic nitrogens is 2. The summed E-state index contributed by atoms with van der Waals surface area (Å²) in [5, 5.41) is 3.89. The van der Waals surface area contributed by atoms with Crippen molar-refractivity contribution < 1.29 is 13.2 Å². The number of benzene rings is 1. The van der Waals surface area contributed by atoms with Gasteiger partial charge in [-0.25, -0.2) is 13.2 Å². The molecule has 0 atom stereocenters. The molecule has 0 radical (unpaired) electrons. The highest BCUT2D eigenvalue weighted by atomic mass is 32.2. The van der Waals surface area contributed by atoms with E-state index in [4.69, 9.17) is 0 Å². The summed E-state index contributed by atoms with van der Waals surface area (Å²) < 4.78 is 26.1. The van der Waals surface area contributed by atoms with Crippen LogP contribution in [0.15, 0.2) is 46.5 Å². The van der Waals surface area contributed by atoms with E-state index in [0.29, 0.717) is 13.1 Å². The van der Waals surface area contributed by atoms with E-state index in [-0.39, 0.29) is 15.8 Å². The molecular weight excluding hydrogens is 302 g/mol. The first-order valence-electron chi connectivity index (χ1n) is 7.05. The summed E-state index contributed by atoms with van der Waals surface area (Å²) in [6, 6.07) is 6.23. The maximum absolute atomic E-state index is 12.5. The van der Waals surface area contributed by atoms with Crippen LogP contribution in [0.2, 0.25) is 0 Å². The number of hydrogen-bond donors (Lipinski definition) is 0. The Morgan fingerprint density at radius 2 is 1.73 bits per heavy atom. The van der Waals surface area contributed by atoms with Crippen LogP contribution in [0.3, 0.4) is 0 Å². The summed E-state index contributed by atoms with van der Waals surface area (Å²) in [4.78, 5) is 13.9. The summed E-state index contributed by atoms with van der Waals surface area (Å²) >= 11 is 0. The van der Waals surface area contributed by atoms with Crippen molar-refractivity contribution >= 4 is 15.9 Å². The molecule has 0 unspecified atom stereocenters. The van der Waals surface area contributed by atoms with E-state index in [9.17, 15) is 13.2 Å². The Bertz CT molecular complexity index is 760. The first kappa shape index (κ1) is 16.2. The second kappa shape index (κ2) is 6.31. The number of aryl methyl sites for hydroxylation is 1. The average molecular weight is 321 g/mol. The quantitative estimate of drug-likeness (QED) is 0.866. The molecule has 0 bridgehead atoms. The number of rotatable bonds is 4. The molecule has 0 aliphatic heterocycles. The Balaban J connectivity index is 2.35. The summed E-state index contributed by atoms with van der Waals surface area (Å²) in [6.07, 6.45) is 2.46. The summed E-state index contributed by atoms with van der Waals surface area (Å²) in [5.74, 6) is 0. The van der Waals surface area contributed by atoms with E-state index < -0.39 is 9.84 Å². The standard InChI is InChI=1S/C15H19N3O3S/c1-4-17(5-2)15(19)18-11-14(10-16-18)22(20,21)13-8-6-12(3)7-9-13/h6-11H,4-5H2,1-3H3. The smallest absolute Gasteiger partial charge is 0.323 e. The van der Waals surface area contributed by atoms with Gasteiger partial charge in [-0.3, -0.25) is 0 Å². The average Bonchev–Trinajstić information content (AvgIpc) is 2.99. The molecular formula is C15H19N3O3S. The van der Waals surface area contributed by atoms with Gasteiger partial charge in [0.05, 0.1) is 17.3 Å². The van der Waals surface area contributed by atoms with E-state index >= 15 is 0 Å². The van der Waals surface area contributed by atoms with Crippen molar-refractivity contribution in [3.63, 3.8) is 0 Å². The molecule has 0 fully saturated rings. The zero-order chi connectivity index (χ0) is 16.3. The molecule has 6 nitrogen and oxygen atoms in total. The second-order valence-electron chi connectivity index (χ2n) is 4.89. The maximum atomic E-state index is 12.5. The summed E-state index contributed by atoms with van der Waals surface area (Å²) in [5.41, 5.74) is 0.978. The Morgan fingerprint density at radius 3 is 2.27 bits per heavy atom. The fourth-order valence-electron chi connectivity index (χ4n) is 2.04. The van der Waals surface area contributed by atoms with Crippen LogP contribution in [-0.2, 0) is 9.84 Å². The lowest BCUT2D eigenvalue weighted by Crippen LogP contribution is -2.34. The Labute approximate surface area is 130 Å². The first-order chi connectivity index (χ1) is 10.4. The number of hydrogen-bond acceptors (Lipinski definition) is 4. The molecule has 0 aliphatic rings. The molecule has 118 valence electrons. The zero-order valence-electron chi connectivity index (χ0n) is 12.9. The monoisotopic (exact) mass is 321 g/mol. The van der Waals surface area contributed by atoms with Crippen LogP contribution in [-0.4, -0.2) is 42.2 Å². The fourth-order valence-corrected chi connectivity index (χ4v) is 3.23. The van der Waals surface area contributed by atoms with Crippen molar-refractivity contribution in [2.45, 2.75) is 30.6 Å². The summed E-state index contributed by atoms with van der Waals surface area (Å²) in [6.45, 7) is 6.67. The largest absolute Gasteiger partial charge is 0.344 e. The lowest BCUT2D eigenvalue weighted by Gasteiger charge is -2.17. The molecule has 0 saturated heterocycles. The molecule has 1 heterocycles. The topological polar surface area (TPSA) is 72.3 Å². The van der Waals surface area contributed by atoms with Gasteiger partial charge >= 0.3 is 6.03 Å². The van der Waals surface area contributed by atoms with Crippen molar-refractivity contribution in [3.05, 3.63) is 42.2 Å². The molecule has 22 heavy (non-hydrogen) atoms. The van der Waals surface area contributed by atoms with Crippen LogP contribution in [0.1, 0.15) is 19.4 Å². The third-order valence-corrected chi connectivity index (χ3v) is 5.15. The number of carbonyl (C=O) groups excluding carboxylic acids is 1. The predicted octanol–water partition coefficient (Wildman–Crippen LogP) is 2.33. The SMILES string of the molecule is CCN(CC)C(=O)n1cc(S(=O)(=O)c2ccc(C)cc2)cn1. The number of sulfone groups is 1. The number of amides is 1. The van der Waals surface area contributed by atoms with E-state index in [1.807, 2.05) is 20.8 Å². The molecule has 7 heteroatoms. The fraction of sp³-hybridized carbons (Fsp3) is 0.333. The highest BCUT2D eigenvalue weighted by Crippen LogP contribution is 2.20. The van der Waals surface area contributed by atoms with Crippen molar-refractivity contribution in [3.8, 4) is 0 Å². The Kier molecular flexibility index (Phi) is 4.65. The van der Waals surface area contributed by atoms with Gasteiger partial charge in [-0.2, -0.15) is 9.78 Å². The van der Waals surface area contributed by atoms with Gasteiger partial charge in [0.15, 0.2) is 0 Å². The molecule has 1 amide bonds. The van der Waals surface area contributed by atoms with Crippen LogP contribution in [0.4, 0.5) is 4.79 Å². The van der Waals surface area contributed by atoms with Crippen molar-refractivity contribution in [1.82, 2.24) is 14.7 Å². The normalized spacial score (nSPS) is 11.4. The lowest BCUT2D eigenvalue weighted by molar-refractivity contribution is 0.201. The van der Waals surface area contributed by atoms with E-state index in [0.717, 1.165) is 10.2 Å². The molecule has 1 aromatic heterocycles. The molecule has 0 N–H and O–H groups in total. The van der Waals surface area contributed by atoms with Gasteiger partial charge < -0.3 is 4.90 Å². The first-order valence-corrected chi connectivity index (χ1v) is 8.54. The minimum absolute atomic E-state index is 0.0110. The van der Waals surface area contributed by atoms with Crippen molar-refractivity contribution in [2.24, 2.45) is 0 Å². The molecule has 2 rings (SSSR count). The molecule has 1 aromatic carbocycles. The van der Waals surface area contributed by atoms with Crippen molar-refractivity contribution in [1.29, 1.82) is 0 Å². The minimum Gasteiger partial charge on any atom is -0.323 e. The van der Waals surface area contributed by atoms with Gasteiger partial charge in [0, 0.05) is 13.1 Å². The van der Waals surface area contributed by atoms with Gasteiger partial charge in [-0.15, -0.1) is 0 Å². The van der Waals surface area contributed by atoms with Crippen LogP contribution in [0.5, 0.6) is 0 Å². The third kappa shape index (κ3) is 3.04. The van der Waals surface area contributed by atoms with Crippen LogP contribution in [0.25, 0.3) is 0 Å². The van der Waals surface area contributed by atoms with E-state index in [2.05, 4.69) is 5.10 Å². The molecule has 0 saturated carbocycles. The lowest BCUT2D eigenvalue weighted by atomic mass is 10.2. The number of carbonyl (C=O) groups is 1. The Hall–Kier alpha value is -2.15. The Morgan fingerprint density at radius 1 is 1.14 bits per heavy atom. The number of nitrogens with zero attached hydrogens (tertiary/aromatic N) is 3. The van der Waals surface area contributed by atoms with Gasteiger partial charge in [-0.1, -0.05) is 17.7 Å². The minimum atomic E-state index is -3.66. The van der Waals surface area contributed by atoms with Crippen molar-refractivity contribution in [2.75, 3.05) is 13.1 Å².